The van der Waals surface area contributed by atoms with E-state index in [9.17, 15) is 27.6 Å². The van der Waals surface area contributed by atoms with Crippen LogP contribution in [0.5, 0.6) is 0 Å². The van der Waals surface area contributed by atoms with Crippen LogP contribution in [0.15, 0.2) is 60.7 Å². The summed E-state index contributed by atoms with van der Waals surface area (Å²) in [5, 5.41) is 1.89. The molecule has 9 heteroatoms. The fraction of sp³-hybridized carbons (Fsp3) is 0.348. The lowest BCUT2D eigenvalue weighted by Crippen LogP contribution is -2.56. The van der Waals surface area contributed by atoms with Gasteiger partial charge in [-0.15, -0.1) is 0 Å². The molecule has 2 heterocycles. The maximum atomic E-state index is 14.1. The number of imide groups is 1. The Hall–Kier alpha value is -3.20. The maximum Gasteiger partial charge on any atom is 0.425 e. The molecular weight excluding hydrogens is 423 g/mol. The summed E-state index contributed by atoms with van der Waals surface area (Å²) in [6.45, 7) is 0.525. The summed E-state index contributed by atoms with van der Waals surface area (Å²) in [4.78, 5) is 40.4. The normalized spacial score (nSPS) is 22.8. The highest BCUT2D eigenvalue weighted by Gasteiger charge is 2.68. The summed E-state index contributed by atoms with van der Waals surface area (Å²) in [7, 11) is 0. The fourth-order valence-corrected chi connectivity index (χ4v) is 4.32. The van der Waals surface area contributed by atoms with Gasteiger partial charge in [0.2, 0.25) is 5.54 Å². The molecule has 2 aromatic rings. The Morgan fingerprint density at radius 3 is 2.09 bits per heavy atom. The van der Waals surface area contributed by atoms with Crippen molar-refractivity contribution in [2.75, 3.05) is 19.8 Å². The number of nitrogens with one attached hydrogen (secondary N) is 1. The average molecular weight is 445 g/mol. The fourth-order valence-electron chi connectivity index (χ4n) is 4.32. The van der Waals surface area contributed by atoms with Gasteiger partial charge in [0.25, 0.3) is 5.91 Å². The van der Waals surface area contributed by atoms with Gasteiger partial charge in [-0.1, -0.05) is 60.7 Å². The minimum Gasteiger partial charge on any atom is -0.312 e. The summed E-state index contributed by atoms with van der Waals surface area (Å²) in [6, 6.07) is 14.5. The molecule has 32 heavy (non-hydrogen) atoms. The van der Waals surface area contributed by atoms with Gasteiger partial charge < -0.3 is 5.32 Å². The zero-order valence-electron chi connectivity index (χ0n) is 17.1. The van der Waals surface area contributed by atoms with E-state index >= 15 is 0 Å². The quantitative estimate of drug-likeness (QED) is 0.565. The van der Waals surface area contributed by atoms with Gasteiger partial charge in [-0.25, -0.2) is 9.69 Å². The first-order chi connectivity index (χ1) is 15.2. The van der Waals surface area contributed by atoms with E-state index in [1.165, 1.54) is 30.3 Å². The molecule has 0 saturated carbocycles. The second kappa shape index (κ2) is 8.38. The Kier molecular flexibility index (Phi) is 5.77. The lowest BCUT2D eigenvalue weighted by Gasteiger charge is -2.34. The van der Waals surface area contributed by atoms with E-state index in [1.807, 2.05) is 11.4 Å². The molecule has 1 N–H and O–H groups in total. The van der Waals surface area contributed by atoms with Crippen LogP contribution in [-0.2, 0) is 10.3 Å². The number of halogens is 3. The zero-order chi connectivity index (χ0) is 22.9. The smallest absolute Gasteiger partial charge is 0.312 e. The van der Waals surface area contributed by atoms with Crippen molar-refractivity contribution in [3.63, 3.8) is 0 Å². The van der Waals surface area contributed by atoms with Gasteiger partial charge in [-0.2, -0.15) is 13.2 Å². The molecule has 1 unspecified atom stereocenters. The molecule has 1 atom stereocenters. The maximum absolute atomic E-state index is 14.1. The summed E-state index contributed by atoms with van der Waals surface area (Å²) in [5.74, 6) is -1.51. The summed E-state index contributed by atoms with van der Waals surface area (Å²) >= 11 is 0. The lowest BCUT2D eigenvalue weighted by molar-refractivity contribution is -0.198. The number of benzene rings is 2. The molecule has 0 bridgehead atoms. The molecular formula is C23H22F3N3O3. The number of carbonyl (C=O) groups is 3. The van der Waals surface area contributed by atoms with Gasteiger partial charge in [-0.3, -0.25) is 14.5 Å². The average Bonchev–Trinajstić information content (AvgIpc) is 3.06. The van der Waals surface area contributed by atoms with Crippen LogP contribution in [0.25, 0.3) is 0 Å². The van der Waals surface area contributed by atoms with E-state index in [2.05, 4.69) is 0 Å². The third-order valence-corrected chi connectivity index (χ3v) is 6.10. The Morgan fingerprint density at radius 2 is 1.53 bits per heavy atom. The van der Waals surface area contributed by atoms with Crippen LogP contribution < -0.4 is 5.32 Å². The van der Waals surface area contributed by atoms with Crippen LogP contribution in [0.1, 0.15) is 28.8 Å². The number of alkyl halides is 3. The second-order valence-electron chi connectivity index (χ2n) is 8.04. The Labute approximate surface area is 183 Å². The van der Waals surface area contributed by atoms with Gasteiger partial charge in [0.05, 0.1) is 6.67 Å². The van der Waals surface area contributed by atoms with Gasteiger partial charge in [0.15, 0.2) is 5.78 Å². The van der Waals surface area contributed by atoms with Crippen molar-refractivity contribution in [1.82, 2.24) is 15.1 Å². The number of hydrogen-bond donors (Lipinski definition) is 1. The molecule has 4 rings (SSSR count). The molecule has 2 aliphatic heterocycles. The van der Waals surface area contributed by atoms with Gasteiger partial charge in [0.1, 0.15) is 0 Å². The molecule has 2 aliphatic rings. The van der Waals surface area contributed by atoms with Crippen LogP contribution >= 0.6 is 0 Å². The molecule has 0 spiro atoms. The first kappa shape index (κ1) is 22.0. The molecule has 0 aliphatic carbocycles. The standard InChI is InChI=1S/C23H22F3N3O3/c24-23(25,26)22(18-9-5-2-6-10-18)20(31)29(21(32)27-22)15-28-13-11-17(12-14-28)19(30)16-7-3-1-4-8-16/h1-10,17H,11-15H2,(H,27,32). The number of rotatable bonds is 5. The van der Waals surface area contributed by atoms with Gasteiger partial charge in [-0.05, 0) is 18.4 Å². The van der Waals surface area contributed by atoms with E-state index in [4.69, 9.17) is 0 Å². The largest absolute Gasteiger partial charge is 0.425 e. The van der Waals surface area contributed by atoms with Crippen molar-refractivity contribution in [1.29, 1.82) is 0 Å². The molecule has 2 saturated heterocycles. The molecule has 2 aromatic carbocycles. The highest BCUT2D eigenvalue weighted by atomic mass is 19.4. The van der Waals surface area contributed by atoms with Crippen LogP contribution in [0, 0.1) is 5.92 Å². The van der Waals surface area contributed by atoms with Gasteiger partial charge in [0, 0.05) is 24.6 Å². The predicted octanol–water partition coefficient (Wildman–Crippen LogP) is 3.55. The molecule has 6 nitrogen and oxygen atoms in total. The molecule has 0 aromatic heterocycles. The van der Waals surface area contributed by atoms with Crippen LogP contribution in [0.3, 0.4) is 0 Å². The number of amides is 3. The molecule has 168 valence electrons. The summed E-state index contributed by atoms with van der Waals surface area (Å²) in [5.41, 5.74) is -2.81. The van der Waals surface area contributed by atoms with Crippen LogP contribution in [0.2, 0.25) is 0 Å². The highest BCUT2D eigenvalue weighted by molar-refractivity contribution is 6.08. The number of ketones is 1. The van der Waals surface area contributed by atoms with Crippen molar-refractivity contribution in [3.05, 3.63) is 71.8 Å². The van der Waals surface area contributed by atoms with Crippen molar-refractivity contribution in [2.24, 2.45) is 5.92 Å². The van der Waals surface area contributed by atoms with Crippen molar-refractivity contribution in [3.8, 4) is 0 Å². The predicted molar refractivity (Wildman–Crippen MR) is 109 cm³/mol. The second-order valence-corrected chi connectivity index (χ2v) is 8.04. The number of piperidine rings is 1. The Bertz CT molecular complexity index is 1010. The monoisotopic (exact) mass is 445 g/mol. The minimum absolute atomic E-state index is 0.0282. The molecule has 3 amide bonds. The van der Waals surface area contributed by atoms with E-state index in [1.54, 1.807) is 29.2 Å². The minimum atomic E-state index is -5.01. The highest BCUT2D eigenvalue weighted by Crippen LogP contribution is 2.43. The van der Waals surface area contributed by atoms with E-state index in [0.717, 1.165) is 0 Å². The number of urea groups is 1. The third kappa shape index (κ3) is 3.77. The van der Waals surface area contributed by atoms with Crippen molar-refractivity contribution < 1.29 is 27.6 Å². The SMILES string of the molecule is O=C(c1ccccc1)C1CCN(CN2C(=O)NC(c3ccccc3)(C(F)(F)F)C2=O)CC1. The number of Topliss-reactive ketones (excluding diaryl/α,β-unsaturated/α-hetero) is 1. The lowest BCUT2D eigenvalue weighted by atomic mass is 9.88. The summed E-state index contributed by atoms with van der Waals surface area (Å²) in [6.07, 6.45) is -4.01. The van der Waals surface area contributed by atoms with Crippen LogP contribution in [0.4, 0.5) is 18.0 Å². The number of nitrogens with zero attached hydrogens (tertiary/aromatic N) is 2. The third-order valence-electron chi connectivity index (χ3n) is 6.10. The van der Waals surface area contributed by atoms with Gasteiger partial charge >= 0.3 is 12.2 Å². The number of carbonyl (C=O) groups excluding carboxylic acids is 3. The first-order valence-electron chi connectivity index (χ1n) is 10.3. The number of hydrogen-bond acceptors (Lipinski definition) is 4. The first-order valence-corrected chi connectivity index (χ1v) is 10.3. The molecule has 0 radical (unpaired) electrons. The Morgan fingerprint density at radius 1 is 0.969 bits per heavy atom. The zero-order valence-corrected chi connectivity index (χ0v) is 17.1. The summed E-state index contributed by atoms with van der Waals surface area (Å²) < 4.78 is 42.2. The Balaban J connectivity index is 1.46. The van der Waals surface area contributed by atoms with E-state index < -0.39 is 23.7 Å². The van der Waals surface area contributed by atoms with Crippen molar-refractivity contribution in [2.45, 2.75) is 24.6 Å². The topological polar surface area (TPSA) is 69.7 Å². The number of likely N-dealkylation sites (tertiary alicyclic amines) is 1. The van der Waals surface area contributed by atoms with Crippen molar-refractivity contribution >= 4 is 17.7 Å². The van der Waals surface area contributed by atoms with E-state index in [-0.39, 0.29) is 23.9 Å². The molecule has 2 fully saturated rings. The van der Waals surface area contributed by atoms with Crippen LogP contribution in [-0.4, -0.2) is 53.5 Å². The van der Waals surface area contributed by atoms with E-state index in [0.29, 0.717) is 36.4 Å².